The standard InChI is InChI=1S/C12H14ClNOS/c13-8-6-9-3-4-10(7-8)14(9)12(15)11-2-1-5-16-11/h1-2,5,8-10H,3-4,6-7H2. The maximum atomic E-state index is 12.3. The second kappa shape index (κ2) is 4.04. The van der Waals surface area contributed by atoms with Crippen LogP contribution in [0.25, 0.3) is 0 Å². The van der Waals surface area contributed by atoms with Gasteiger partial charge in [-0.2, -0.15) is 0 Å². The Morgan fingerprint density at radius 1 is 1.38 bits per heavy atom. The van der Waals surface area contributed by atoms with Crippen molar-refractivity contribution in [2.45, 2.75) is 43.1 Å². The predicted molar refractivity (Wildman–Crippen MR) is 66.2 cm³/mol. The normalized spacial score (nSPS) is 33.1. The summed E-state index contributed by atoms with van der Waals surface area (Å²) in [5.74, 6) is 0.214. The van der Waals surface area contributed by atoms with Gasteiger partial charge in [-0.05, 0) is 37.1 Å². The summed E-state index contributed by atoms with van der Waals surface area (Å²) in [6.07, 6.45) is 4.19. The molecule has 1 aromatic heterocycles. The number of alkyl halides is 1. The van der Waals surface area contributed by atoms with Gasteiger partial charge in [-0.3, -0.25) is 4.79 Å². The van der Waals surface area contributed by atoms with E-state index >= 15 is 0 Å². The number of piperidine rings is 1. The van der Waals surface area contributed by atoms with E-state index in [1.165, 1.54) is 11.3 Å². The fourth-order valence-corrected chi connectivity index (χ4v) is 4.05. The molecule has 2 aliphatic heterocycles. The molecule has 1 aromatic rings. The number of fused-ring (bicyclic) bond motifs is 2. The van der Waals surface area contributed by atoms with E-state index in [1.807, 2.05) is 17.5 Å². The van der Waals surface area contributed by atoms with E-state index in [0.717, 1.165) is 30.6 Å². The topological polar surface area (TPSA) is 20.3 Å². The Kier molecular flexibility index (Phi) is 2.68. The summed E-state index contributed by atoms with van der Waals surface area (Å²) < 4.78 is 0. The molecule has 0 aromatic carbocycles. The monoisotopic (exact) mass is 255 g/mol. The molecule has 2 bridgehead atoms. The highest BCUT2D eigenvalue weighted by Gasteiger charge is 2.42. The highest BCUT2D eigenvalue weighted by atomic mass is 35.5. The third-order valence-corrected chi connectivity index (χ3v) is 4.86. The lowest BCUT2D eigenvalue weighted by molar-refractivity contribution is 0.0604. The highest BCUT2D eigenvalue weighted by Crippen LogP contribution is 2.38. The van der Waals surface area contributed by atoms with Gasteiger partial charge >= 0.3 is 0 Å². The van der Waals surface area contributed by atoms with Gasteiger partial charge in [0.1, 0.15) is 0 Å². The van der Waals surface area contributed by atoms with Crippen LogP contribution in [0.2, 0.25) is 0 Å². The molecule has 16 heavy (non-hydrogen) atoms. The SMILES string of the molecule is O=C(c1cccs1)N1C2CCC1CC(Cl)C2. The summed E-state index contributed by atoms with van der Waals surface area (Å²) in [5, 5.41) is 2.23. The molecule has 2 saturated heterocycles. The third-order valence-electron chi connectivity index (χ3n) is 3.64. The van der Waals surface area contributed by atoms with Crippen LogP contribution in [-0.4, -0.2) is 28.3 Å². The quantitative estimate of drug-likeness (QED) is 0.706. The van der Waals surface area contributed by atoms with E-state index in [2.05, 4.69) is 4.90 Å². The van der Waals surface area contributed by atoms with Crippen LogP contribution in [0.15, 0.2) is 17.5 Å². The van der Waals surface area contributed by atoms with Gasteiger partial charge in [0.25, 0.3) is 5.91 Å². The van der Waals surface area contributed by atoms with Crippen LogP contribution >= 0.6 is 22.9 Å². The third kappa shape index (κ3) is 1.66. The van der Waals surface area contributed by atoms with E-state index < -0.39 is 0 Å². The molecule has 2 aliphatic rings. The average Bonchev–Trinajstić information content (AvgIpc) is 2.85. The van der Waals surface area contributed by atoms with Crippen LogP contribution < -0.4 is 0 Å². The molecular formula is C12H14ClNOS. The van der Waals surface area contributed by atoms with E-state index in [9.17, 15) is 4.79 Å². The maximum absolute atomic E-state index is 12.3. The minimum absolute atomic E-state index is 0.214. The lowest BCUT2D eigenvalue weighted by Gasteiger charge is -2.36. The molecule has 0 N–H and O–H groups in total. The second-order valence-corrected chi connectivity index (χ2v) is 6.21. The van der Waals surface area contributed by atoms with Crippen LogP contribution in [0.3, 0.4) is 0 Å². The van der Waals surface area contributed by atoms with Gasteiger partial charge < -0.3 is 4.90 Å². The molecule has 0 aliphatic carbocycles. The van der Waals surface area contributed by atoms with Gasteiger partial charge in [-0.1, -0.05) is 6.07 Å². The van der Waals surface area contributed by atoms with Crippen molar-refractivity contribution in [3.63, 3.8) is 0 Å². The predicted octanol–water partition coefficient (Wildman–Crippen LogP) is 3.12. The molecule has 1 amide bonds. The number of carbonyl (C=O) groups excluding carboxylic acids is 1. The van der Waals surface area contributed by atoms with Gasteiger partial charge in [-0.15, -0.1) is 22.9 Å². The Hall–Kier alpha value is -0.540. The first-order valence-corrected chi connectivity index (χ1v) is 7.07. The molecule has 4 heteroatoms. The molecule has 2 fully saturated rings. The fourth-order valence-electron chi connectivity index (χ4n) is 2.97. The largest absolute Gasteiger partial charge is 0.332 e. The minimum Gasteiger partial charge on any atom is -0.332 e. The highest BCUT2D eigenvalue weighted by molar-refractivity contribution is 7.12. The summed E-state index contributed by atoms with van der Waals surface area (Å²) in [7, 11) is 0. The molecular weight excluding hydrogens is 242 g/mol. The number of rotatable bonds is 1. The van der Waals surface area contributed by atoms with E-state index in [-0.39, 0.29) is 11.3 Å². The molecule has 2 unspecified atom stereocenters. The summed E-state index contributed by atoms with van der Waals surface area (Å²) in [4.78, 5) is 15.3. The molecule has 3 rings (SSSR count). The molecule has 0 radical (unpaired) electrons. The molecule has 3 heterocycles. The average molecular weight is 256 g/mol. The summed E-state index contributed by atoms with van der Waals surface area (Å²) in [5.41, 5.74) is 0. The van der Waals surface area contributed by atoms with Crippen molar-refractivity contribution in [3.05, 3.63) is 22.4 Å². The lowest BCUT2D eigenvalue weighted by atomic mass is 10.0. The molecule has 2 nitrogen and oxygen atoms in total. The lowest BCUT2D eigenvalue weighted by Crippen LogP contribution is -2.46. The summed E-state index contributed by atoms with van der Waals surface area (Å²) >= 11 is 7.74. The van der Waals surface area contributed by atoms with E-state index in [1.54, 1.807) is 0 Å². The van der Waals surface area contributed by atoms with Crippen LogP contribution in [0.5, 0.6) is 0 Å². The molecule has 2 atom stereocenters. The number of hydrogen-bond donors (Lipinski definition) is 0. The Balaban J connectivity index is 1.84. The first-order chi connectivity index (χ1) is 7.75. The number of carbonyl (C=O) groups is 1. The van der Waals surface area contributed by atoms with E-state index in [4.69, 9.17) is 11.6 Å². The van der Waals surface area contributed by atoms with Crippen molar-refractivity contribution in [1.29, 1.82) is 0 Å². The first-order valence-electron chi connectivity index (χ1n) is 5.76. The van der Waals surface area contributed by atoms with E-state index in [0.29, 0.717) is 12.1 Å². The van der Waals surface area contributed by atoms with Gasteiger partial charge in [0.15, 0.2) is 0 Å². The van der Waals surface area contributed by atoms with Crippen LogP contribution in [0.1, 0.15) is 35.4 Å². The minimum atomic E-state index is 0.214. The van der Waals surface area contributed by atoms with Crippen molar-refractivity contribution in [3.8, 4) is 0 Å². The summed E-state index contributed by atoms with van der Waals surface area (Å²) in [6, 6.07) is 4.62. The summed E-state index contributed by atoms with van der Waals surface area (Å²) in [6.45, 7) is 0. The van der Waals surface area contributed by atoms with Gasteiger partial charge in [-0.25, -0.2) is 0 Å². The van der Waals surface area contributed by atoms with Crippen molar-refractivity contribution in [2.24, 2.45) is 0 Å². The maximum Gasteiger partial charge on any atom is 0.264 e. The van der Waals surface area contributed by atoms with Crippen molar-refractivity contribution in [1.82, 2.24) is 4.90 Å². The zero-order valence-electron chi connectivity index (χ0n) is 8.93. The van der Waals surface area contributed by atoms with Crippen molar-refractivity contribution in [2.75, 3.05) is 0 Å². The molecule has 86 valence electrons. The van der Waals surface area contributed by atoms with Gasteiger partial charge in [0.05, 0.1) is 4.88 Å². The van der Waals surface area contributed by atoms with Gasteiger partial charge in [0, 0.05) is 17.5 Å². The number of hydrogen-bond acceptors (Lipinski definition) is 2. The second-order valence-electron chi connectivity index (χ2n) is 4.64. The van der Waals surface area contributed by atoms with Crippen LogP contribution in [-0.2, 0) is 0 Å². The number of amides is 1. The van der Waals surface area contributed by atoms with Crippen molar-refractivity contribution < 1.29 is 4.79 Å². The van der Waals surface area contributed by atoms with Crippen LogP contribution in [0, 0.1) is 0 Å². The first kappa shape index (κ1) is 10.6. The van der Waals surface area contributed by atoms with Gasteiger partial charge in [0.2, 0.25) is 0 Å². The zero-order chi connectivity index (χ0) is 11.1. The van der Waals surface area contributed by atoms with Crippen LogP contribution in [0.4, 0.5) is 0 Å². The fraction of sp³-hybridized carbons (Fsp3) is 0.583. The Morgan fingerprint density at radius 2 is 2.06 bits per heavy atom. The van der Waals surface area contributed by atoms with Crippen molar-refractivity contribution >= 4 is 28.8 Å². The molecule has 0 saturated carbocycles. The Labute approximate surface area is 104 Å². The number of nitrogens with zero attached hydrogens (tertiary/aromatic N) is 1. The number of halogens is 1. The number of thiophene rings is 1. The molecule has 0 spiro atoms. The Morgan fingerprint density at radius 3 is 2.62 bits per heavy atom. The Bertz CT molecular complexity index is 378. The zero-order valence-corrected chi connectivity index (χ0v) is 10.5. The smallest absolute Gasteiger partial charge is 0.264 e.